The lowest BCUT2D eigenvalue weighted by atomic mass is 10.1. The molecule has 1 aliphatic rings. The van der Waals surface area contributed by atoms with Gasteiger partial charge in [-0.3, -0.25) is 4.79 Å². The number of nitrogens with one attached hydrogen (secondary N) is 1. The van der Waals surface area contributed by atoms with Gasteiger partial charge in [0.05, 0.1) is 5.39 Å². The van der Waals surface area contributed by atoms with Crippen molar-refractivity contribution in [2.24, 2.45) is 0 Å². The molecule has 0 atom stereocenters. The maximum Gasteiger partial charge on any atom is 0.410 e. The Morgan fingerprint density at radius 3 is 2.54 bits per heavy atom. The van der Waals surface area contributed by atoms with Crippen molar-refractivity contribution in [2.45, 2.75) is 45.3 Å². The molecule has 0 spiro atoms. The van der Waals surface area contributed by atoms with E-state index in [1.807, 2.05) is 0 Å². The van der Waals surface area contributed by atoms with Gasteiger partial charge in [-0.1, -0.05) is 0 Å². The number of carbonyl (C=O) groups excluding carboxylic acids is 2. The summed E-state index contributed by atoms with van der Waals surface area (Å²) in [6.07, 6.45) is 0.731. The molecule has 7 nitrogen and oxygen atoms in total. The van der Waals surface area contributed by atoms with Gasteiger partial charge in [0.2, 0.25) is 0 Å². The molecule has 0 aliphatic carbocycles. The van der Waals surface area contributed by atoms with Gasteiger partial charge in [0.25, 0.3) is 5.91 Å². The molecule has 1 aliphatic heterocycles. The molecule has 0 radical (unpaired) electrons. The maximum absolute atomic E-state index is 13.4. The first-order valence-corrected chi connectivity index (χ1v) is 9.14. The lowest BCUT2D eigenvalue weighted by molar-refractivity contribution is 0.0199. The Labute approximate surface area is 161 Å². The zero-order valence-corrected chi connectivity index (χ0v) is 16.1. The van der Waals surface area contributed by atoms with Crippen LogP contribution in [0.15, 0.2) is 33.5 Å². The van der Waals surface area contributed by atoms with Crippen LogP contribution in [0.3, 0.4) is 0 Å². The highest BCUT2D eigenvalue weighted by atomic mass is 19.1. The molecule has 0 bridgehead atoms. The number of halogens is 1. The van der Waals surface area contributed by atoms with Crippen molar-refractivity contribution >= 4 is 22.8 Å². The van der Waals surface area contributed by atoms with Gasteiger partial charge in [-0.25, -0.2) is 14.0 Å². The minimum atomic E-state index is -0.692. The highest BCUT2D eigenvalue weighted by Gasteiger charge is 2.28. The smallest absolute Gasteiger partial charge is 0.410 e. The van der Waals surface area contributed by atoms with Crippen molar-refractivity contribution in [1.29, 1.82) is 0 Å². The number of nitrogens with zero attached hydrogens (tertiary/aromatic N) is 1. The first kappa shape index (κ1) is 19.9. The second kappa shape index (κ2) is 7.61. The summed E-state index contributed by atoms with van der Waals surface area (Å²) >= 11 is 0. The number of ether oxygens (including phenoxy) is 1. The van der Waals surface area contributed by atoms with Gasteiger partial charge in [0, 0.05) is 19.1 Å². The summed E-state index contributed by atoms with van der Waals surface area (Å²) in [4.78, 5) is 38.2. The number of hydrogen-bond acceptors (Lipinski definition) is 5. The van der Waals surface area contributed by atoms with Crippen LogP contribution in [-0.4, -0.2) is 41.6 Å². The SMILES string of the molecule is CC(C)(C)OC(=O)N1CCC(NC(=O)c2cc3cc(F)ccc3c(=O)o2)CC1. The van der Waals surface area contributed by atoms with Crippen LogP contribution >= 0.6 is 0 Å². The van der Waals surface area contributed by atoms with Gasteiger partial charge in [0.1, 0.15) is 11.4 Å². The second-order valence-corrected chi connectivity index (χ2v) is 7.84. The van der Waals surface area contributed by atoms with Gasteiger partial charge < -0.3 is 19.4 Å². The first-order valence-electron chi connectivity index (χ1n) is 9.14. The van der Waals surface area contributed by atoms with Crippen molar-refractivity contribution in [3.05, 3.63) is 46.3 Å². The molecule has 3 rings (SSSR count). The second-order valence-electron chi connectivity index (χ2n) is 7.84. The summed E-state index contributed by atoms with van der Waals surface area (Å²) in [6, 6.07) is 4.86. The third-order valence-corrected chi connectivity index (χ3v) is 4.43. The average molecular weight is 390 g/mol. The van der Waals surface area contributed by atoms with Crippen molar-refractivity contribution in [1.82, 2.24) is 10.2 Å². The van der Waals surface area contributed by atoms with Gasteiger partial charge in [-0.05, 0) is 63.3 Å². The van der Waals surface area contributed by atoms with E-state index in [-0.39, 0.29) is 23.3 Å². The number of piperidine rings is 1. The van der Waals surface area contributed by atoms with Crippen molar-refractivity contribution in [3.63, 3.8) is 0 Å². The highest BCUT2D eigenvalue weighted by Crippen LogP contribution is 2.17. The molecule has 1 saturated heterocycles. The summed E-state index contributed by atoms with van der Waals surface area (Å²) in [5.74, 6) is -1.21. The minimum Gasteiger partial charge on any atom is -0.444 e. The van der Waals surface area contributed by atoms with Gasteiger partial charge in [-0.2, -0.15) is 0 Å². The lowest BCUT2D eigenvalue weighted by Crippen LogP contribution is -2.47. The van der Waals surface area contributed by atoms with Crippen LogP contribution in [0.2, 0.25) is 0 Å². The third kappa shape index (κ3) is 4.68. The fourth-order valence-electron chi connectivity index (χ4n) is 3.07. The fraction of sp³-hybridized carbons (Fsp3) is 0.450. The molecule has 28 heavy (non-hydrogen) atoms. The molecule has 0 saturated carbocycles. The number of amides is 2. The van der Waals surface area contributed by atoms with Crippen LogP contribution in [0, 0.1) is 5.82 Å². The molecular formula is C20H23FN2O5. The number of hydrogen-bond donors (Lipinski definition) is 1. The van der Waals surface area contributed by atoms with E-state index in [9.17, 15) is 18.8 Å². The Bertz CT molecular complexity index is 955. The van der Waals surface area contributed by atoms with Crippen LogP contribution < -0.4 is 10.9 Å². The van der Waals surface area contributed by atoms with E-state index < -0.39 is 23.0 Å². The molecule has 8 heteroatoms. The molecule has 150 valence electrons. The van der Waals surface area contributed by atoms with Crippen LogP contribution in [0.5, 0.6) is 0 Å². The summed E-state index contributed by atoms with van der Waals surface area (Å²) in [5.41, 5.74) is -1.25. The molecule has 2 amide bonds. The molecule has 1 N–H and O–H groups in total. The standard InChI is InChI=1S/C20H23FN2O5/c1-20(2,3)28-19(26)23-8-6-14(7-9-23)22-17(24)16-11-12-10-13(21)4-5-15(12)18(25)27-16/h4-5,10-11,14H,6-9H2,1-3H3,(H,22,24). The predicted molar refractivity (Wildman–Crippen MR) is 101 cm³/mol. The lowest BCUT2D eigenvalue weighted by Gasteiger charge is -2.33. The van der Waals surface area contributed by atoms with E-state index in [1.165, 1.54) is 18.2 Å². The third-order valence-electron chi connectivity index (χ3n) is 4.43. The molecule has 1 aromatic carbocycles. The van der Waals surface area contributed by atoms with E-state index in [4.69, 9.17) is 9.15 Å². The molecule has 2 aromatic rings. The normalized spacial score (nSPS) is 15.5. The first-order chi connectivity index (χ1) is 13.1. The molecule has 2 heterocycles. The van der Waals surface area contributed by atoms with E-state index in [1.54, 1.807) is 25.7 Å². The number of rotatable bonds is 2. The maximum atomic E-state index is 13.4. The summed E-state index contributed by atoms with van der Waals surface area (Å²) in [6.45, 7) is 6.32. The van der Waals surface area contributed by atoms with Crippen molar-refractivity contribution < 1.29 is 23.1 Å². The Balaban J connectivity index is 1.63. The van der Waals surface area contributed by atoms with Gasteiger partial charge in [0.15, 0.2) is 5.76 Å². The Hall–Kier alpha value is -2.90. The Morgan fingerprint density at radius 2 is 1.89 bits per heavy atom. The van der Waals surface area contributed by atoms with Crippen LogP contribution in [0.4, 0.5) is 9.18 Å². The number of carbonyl (C=O) groups is 2. The van der Waals surface area contributed by atoms with E-state index in [0.717, 1.165) is 6.07 Å². The molecule has 1 fully saturated rings. The van der Waals surface area contributed by atoms with Crippen LogP contribution in [0.1, 0.15) is 44.2 Å². The number of likely N-dealkylation sites (tertiary alicyclic amines) is 1. The van der Waals surface area contributed by atoms with E-state index >= 15 is 0 Å². The van der Waals surface area contributed by atoms with E-state index in [2.05, 4.69) is 5.32 Å². The Morgan fingerprint density at radius 1 is 1.21 bits per heavy atom. The predicted octanol–water partition coefficient (Wildman–Crippen LogP) is 3.06. The summed E-state index contributed by atoms with van der Waals surface area (Å²) in [7, 11) is 0. The summed E-state index contributed by atoms with van der Waals surface area (Å²) < 4.78 is 23.8. The number of fused-ring (bicyclic) bond motifs is 1. The topological polar surface area (TPSA) is 88.9 Å². The van der Waals surface area contributed by atoms with Gasteiger partial charge in [-0.15, -0.1) is 0 Å². The van der Waals surface area contributed by atoms with E-state index in [0.29, 0.717) is 31.3 Å². The van der Waals surface area contributed by atoms with Gasteiger partial charge >= 0.3 is 11.7 Å². The molecular weight excluding hydrogens is 367 g/mol. The largest absolute Gasteiger partial charge is 0.444 e. The monoisotopic (exact) mass is 390 g/mol. The average Bonchev–Trinajstić information content (AvgIpc) is 2.60. The fourth-order valence-corrected chi connectivity index (χ4v) is 3.07. The molecule has 0 unspecified atom stereocenters. The Kier molecular flexibility index (Phi) is 5.40. The quantitative estimate of drug-likeness (QED) is 0.851. The zero-order valence-electron chi connectivity index (χ0n) is 16.1. The highest BCUT2D eigenvalue weighted by molar-refractivity contribution is 5.95. The number of benzene rings is 1. The van der Waals surface area contributed by atoms with Crippen molar-refractivity contribution in [2.75, 3.05) is 13.1 Å². The minimum absolute atomic E-state index is 0.167. The van der Waals surface area contributed by atoms with Crippen molar-refractivity contribution in [3.8, 4) is 0 Å². The zero-order chi connectivity index (χ0) is 20.5. The molecule has 1 aromatic heterocycles. The van der Waals surface area contributed by atoms with Crippen LogP contribution in [-0.2, 0) is 4.74 Å². The summed E-state index contributed by atoms with van der Waals surface area (Å²) in [5, 5.41) is 3.32. The van der Waals surface area contributed by atoms with Crippen LogP contribution in [0.25, 0.3) is 10.8 Å².